The summed E-state index contributed by atoms with van der Waals surface area (Å²) in [5, 5.41) is 2.52. The summed E-state index contributed by atoms with van der Waals surface area (Å²) in [5.74, 6) is 1.19. The fourth-order valence-electron chi connectivity index (χ4n) is 7.20. The van der Waals surface area contributed by atoms with Gasteiger partial charge in [0.15, 0.2) is 11.7 Å². The quantitative estimate of drug-likeness (QED) is 0.0880. The number of allylic oxidation sites excluding steroid dienone is 7. The van der Waals surface area contributed by atoms with Crippen molar-refractivity contribution in [3.8, 4) is 11.1 Å². The van der Waals surface area contributed by atoms with Crippen molar-refractivity contribution in [1.29, 1.82) is 0 Å². The van der Waals surface area contributed by atoms with Crippen molar-refractivity contribution in [1.82, 2.24) is 0 Å². The summed E-state index contributed by atoms with van der Waals surface area (Å²) >= 11 is 0. The van der Waals surface area contributed by atoms with Crippen molar-refractivity contribution >= 4 is 29.2 Å². The summed E-state index contributed by atoms with van der Waals surface area (Å²) in [6, 6.07) is 41.0. The molecular formula is C46H39N3. The number of aliphatic imine (C=N–C) groups is 3. The molecule has 2 aliphatic carbocycles. The van der Waals surface area contributed by atoms with Gasteiger partial charge >= 0.3 is 0 Å². The SMILES string of the molecule is C=C/C=C\C=C/CC1(c2ccc(C(=NCC3=CCCC=C3)N=C(N=C)c3ccccc3)cc2)c2ccccc2-c2ccc3ccccc3c21. The average Bonchev–Trinajstić information content (AvgIpc) is 3.46. The summed E-state index contributed by atoms with van der Waals surface area (Å²) in [6.45, 7) is 8.24. The second kappa shape index (κ2) is 14.5. The predicted octanol–water partition coefficient (Wildman–Crippen LogP) is 11.0. The maximum Gasteiger partial charge on any atom is 0.161 e. The molecule has 238 valence electrons. The van der Waals surface area contributed by atoms with Gasteiger partial charge in [-0.1, -0.05) is 170 Å². The normalized spacial score (nSPS) is 17.3. The largest absolute Gasteiger partial charge is 0.261 e. The minimum absolute atomic E-state index is 0.403. The zero-order valence-corrected chi connectivity index (χ0v) is 27.7. The third kappa shape index (κ3) is 6.24. The minimum Gasteiger partial charge on any atom is -0.261 e. The predicted molar refractivity (Wildman–Crippen MR) is 209 cm³/mol. The highest BCUT2D eigenvalue weighted by molar-refractivity contribution is 6.12. The standard InChI is InChI=1S/C46H39N3/c1-3-4-5-6-17-32-46(42-25-16-15-24-40(42)41-31-28-35-20-13-14-23-39(35)43(41)46)38-29-26-37(27-30-38)45(48-33-34-18-9-7-10-19-34)49-44(47-2)36-21-11-8-12-22-36/h3-6,8-9,11-31H,1-2,7,10,32-33H2/b5-4-,17-6-,48-45?,49-44?. The molecule has 0 saturated heterocycles. The van der Waals surface area contributed by atoms with E-state index in [4.69, 9.17) is 9.98 Å². The Bertz CT molecular complexity index is 2190. The topological polar surface area (TPSA) is 37.1 Å². The van der Waals surface area contributed by atoms with Gasteiger partial charge in [0.05, 0.1) is 12.0 Å². The Morgan fingerprint density at radius 1 is 0.714 bits per heavy atom. The molecule has 0 spiro atoms. The van der Waals surface area contributed by atoms with Gasteiger partial charge in [0.2, 0.25) is 0 Å². The van der Waals surface area contributed by atoms with Crippen LogP contribution < -0.4 is 0 Å². The van der Waals surface area contributed by atoms with Crippen LogP contribution in [0.3, 0.4) is 0 Å². The number of nitrogens with zero attached hydrogens (tertiary/aromatic N) is 3. The summed E-state index contributed by atoms with van der Waals surface area (Å²) < 4.78 is 0. The van der Waals surface area contributed by atoms with Crippen molar-refractivity contribution in [2.24, 2.45) is 15.0 Å². The Morgan fingerprint density at radius 3 is 2.29 bits per heavy atom. The van der Waals surface area contributed by atoms with Crippen molar-refractivity contribution < 1.29 is 0 Å². The van der Waals surface area contributed by atoms with Crippen LogP contribution >= 0.6 is 0 Å². The van der Waals surface area contributed by atoms with E-state index in [0.717, 1.165) is 30.4 Å². The van der Waals surface area contributed by atoms with Crippen molar-refractivity contribution in [3.63, 3.8) is 0 Å². The van der Waals surface area contributed by atoms with Crippen molar-refractivity contribution in [3.05, 3.63) is 204 Å². The molecule has 0 amide bonds. The molecule has 0 aromatic heterocycles. The van der Waals surface area contributed by atoms with Gasteiger partial charge in [-0.05, 0) is 70.1 Å². The van der Waals surface area contributed by atoms with E-state index in [-0.39, 0.29) is 0 Å². The first kappa shape index (κ1) is 31.7. The fraction of sp³-hybridized carbons (Fsp3) is 0.109. The van der Waals surface area contributed by atoms with Crippen molar-refractivity contribution in [2.75, 3.05) is 6.54 Å². The maximum absolute atomic E-state index is 5.06. The van der Waals surface area contributed by atoms with E-state index in [2.05, 4.69) is 134 Å². The minimum atomic E-state index is -0.403. The van der Waals surface area contributed by atoms with Gasteiger partial charge in [-0.25, -0.2) is 9.98 Å². The van der Waals surface area contributed by atoms with E-state index in [9.17, 15) is 0 Å². The average molecular weight is 634 g/mol. The van der Waals surface area contributed by atoms with E-state index >= 15 is 0 Å². The molecule has 0 fully saturated rings. The van der Waals surface area contributed by atoms with Gasteiger partial charge in [0, 0.05) is 11.1 Å². The number of hydrogen-bond acceptors (Lipinski definition) is 1. The van der Waals surface area contributed by atoms with Crippen LogP contribution in [0.15, 0.2) is 191 Å². The third-order valence-electron chi connectivity index (χ3n) is 9.46. The van der Waals surface area contributed by atoms with Crippen LogP contribution in [0.2, 0.25) is 0 Å². The highest BCUT2D eigenvalue weighted by atomic mass is 15.0. The Morgan fingerprint density at radius 2 is 1.49 bits per heavy atom. The van der Waals surface area contributed by atoms with E-state index in [0.29, 0.717) is 18.2 Å². The summed E-state index contributed by atoms with van der Waals surface area (Å²) in [5.41, 5.74) is 9.10. The Labute approximate surface area is 289 Å². The fourth-order valence-corrected chi connectivity index (χ4v) is 7.20. The molecule has 0 heterocycles. The monoisotopic (exact) mass is 633 g/mol. The number of benzene rings is 5. The Kier molecular flexibility index (Phi) is 9.34. The summed E-state index contributed by atoms with van der Waals surface area (Å²) in [6.07, 6.45) is 19.8. The summed E-state index contributed by atoms with van der Waals surface area (Å²) in [4.78, 5) is 14.4. The Balaban J connectivity index is 1.39. The van der Waals surface area contributed by atoms with Crippen LogP contribution in [0.5, 0.6) is 0 Å². The molecule has 0 N–H and O–H groups in total. The molecule has 7 rings (SSSR count). The molecule has 5 aromatic rings. The zero-order chi connectivity index (χ0) is 33.5. The van der Waals surface area contributed by atoms with E-state index in [1.165, 1.54) is 44.2 Å². The van der Waals surface area contributed by atoms with Gasteiger partial charge in [-0.2, -0.15) is 0 Å². The van der Waals surface area contributed by atoms with Gasteiger partial charge < -0.3 is 0 Å². The van der Waals surface area contributed by atoms with E-state index in [1.54, 1.807) is 6.08 Å². The first-order valence-electron chi connectivity index (χ1n) is 16.9. The lowest BCUT2D eigenvalue weighted by Gasteiger charge is -2.33. The number of rotatable bonds is 9. The van der Waals surface area contributed by atoms with Crippen LogP contribution in [-0.4, -0.2) is 24.9 Å². The molecule has 0 aliphatic heterocycles. The third-order valence-corrected chi connectivity index (χ3v) is 9.46. The molecule has 1 unspecified atom stereocenters. The van der Waals surface area contributed by atoms with Gasteiger partial charge in [-0.15, -0.1) is 0 Å². The molecule has 3 nitrogen and oxygen atoms in total. The van der Waals surface area contributed by atoms with Crippen LogP contribution in [-0.2, 0) is 5.41 Å². The molecule has 5 aromatic carbocycles. The highest BCUT2D eigenvalue weighted by Crippen LogP contribution is 2.56. The molecule has 0 bridgehead atoms. The van der Waals surface area contributed by atoms with Gasteiger partial charge in [0.25, 0.3) is 0 Å². The first-order valence-corrected chi connectivity index (χ1v) is 16.9. The lowest BCUT2D eigenvalue weighted by atomic mass is 9.69. The molecule has 1 atom stereocenters. The lowest BCUT2D eigenvalue weighted by Crippen LogP contribution is -2.26. The van der Waals surface area contributed by atoms with Gasteiger partial charge in [0.1, 0.15) is 0 Å². The molecule has 3 heteroatoms. The second-order valence-electron chi connectivity index (χ2n) is 12.3. The Hall–Kier alpha value is -5.93. The van der Waals surface area contributed by atoms with Crippen LogP contribution in [0, 0.1) is 0 Å². The molecule has 49 heavy (non-hydrogen) atoms. The van der Waals surface area contributed by atoms with Crippen LogP contribution in [0.4, 0.5) is 0 Å². The van der Waals surface area contributed by atoms with E-state index < -0.39 is 5.41 Å². The molecule has 0 radical (unpaired) electrons. The van der Waals surface area contributed by atoms with Crippen molar-refractivity contribution in [2.45, 2.75) is 24.7 Å². The van der Waals surface area contributed by atoms with Crippen LogP contribution in [0.1, 0.15) is 47.1 Å². The van der Waals surface area contributed by atoms with Crippen LogP contribution in [0.25, 0.3) is 21.9 Å². The van der Waals surface area contributed by atoms with Gasteiger partial charge in [-0.3, -0.25) is 4.99 Å². The smallest absolute Gasteiger partial charge is 0.161 e. The number of fused-ring (bicyclic) bond motifs is 5. The number of amidine groups is 2. The van der Waals surface area contributed by atoms with E-state index in [1.807, 2.05) is 42.5 Å². The molecule has 0 saturated carbocycles. The first-order chi connectivity index (χ1) is 24.2. The summed E-state index contributed by atoms with van der Waals surface area (Å²) in [7, 11) is 0. The molecular weight excluding hydrogens is 595 g/mol. The number of hydrogen-bond donors (Lipinski definition) is 0. The highest BCUT2D eigenvalue weighted by Gasteiger charge is 2.44. The lowest BCUT2D eigenvalue weighted by molar-refractivity contribution is 0.650. The second-order valence-corrected chi connectivity index (χ2v) is 12.3. The molecule has 2 aliphatic rings. The zero-order valence-electron chi connectivity index (χ0n) is 27.7. The maximum atomic E-state index is 5.06.